The van der Waals surface area contributed by atoms with Crippen molar-refractivity contribution in [3.63, 3.8) is 0 Å². The maximum absolute atomic E-state index is 12.5. The molecule has 130 valence electrons. The van der Waals surface area contributed by atoms with Crippen molar-refractivity contribution in [3.05, 3.63) is 88.1 Å². The van der Waals surface area contributed by atoms with Gasteiger partial charge < -0.3 is 4.74 Å². The lowest BCUT2D eigenvalue weighted by atomic mass is 10.1. The molecule has 0 aliphatic rings. The van der Waals surface area contributed by atoms with Gasteiger partial charge in [0.2, 0.25) is 0 Å². The Morgan fingerprint density at radius 3 is 2.38 bits per heavy atom. The number of hydrogen-bond donors (Lipinski definition) is 0. The third kappa shape index (κ3) is 3.57. The van der Waals surface area contributed by atoms with Gasteiger partial charge in [-0.05, 0) is 48.4 Å². The minimum absolute atomic E-state index is 0.138. The van der Waals surface area contributed by atoms with Crippen LogP contribution in [0.3, 0.4) is 0 Å². The van der Waals surface area contributed by atoms with E-state index in [9.17, 15) is 9.59 Å². The van der Waals surface area contributed by atoms with E-state index < -0.39 is 0 Å². The van der Waals surface area contributed by atoms with Crippen LogP contribution in [-0.4, -0.2) is 22.2 Å². The van der Waals surface area contributed by atoms with Gasteiger partial charge in [-0.25, -0.2) is 9.59 Å². The minimum atomic E-state index is -0.368. The predicted molar refractivity (Wildman–Crippen MR) is 96.2 cm³/mol. The van der Waals surface area contributed by atoms with Crippen molar-refractivity contribution >= 4 is 5.97 Å². The molecule has 0 aliphatic heterocycles. The number of carbonyl (C=O) groups is 1. The summed E-state index contributed by atoms with van der Waals surface area (Å²) in [6, 6.07) is 16.1. The highest BCUT2D eigenvalue weighted by molar-refractivity contribution is 5.89. The molecule has 0 N–H and O–H groups in total. The standard InChI is InChI=1S/C20H17N3O3/c1-26-19(24)17-6-2-15(3-7-17)10-11-22-12-13-23(20(22)25)18-8-4-16(14-21)5-9-18/h2-9,12-13H,10-11H2,1H3. The van der Waals surface area contributed by atoms with Crippen LogP contribution in [-0.2, 0) is 17.7 Å². The Labute approximate surface area is 150 Å². The van der Waals surface area contributed by atoms with Crippen LogP contribution >= 0.6 is 0 Å². The van der Waals surface area contributed by atoms with Gasteiger partial charge in [-0.2, -0.15) is 5.26 Å². The molecule has 0 bridgehead atoms. The topological polar surface area (TPSA) is 77.0 Å². The van der Waals surface area contributed by atoms with E-state index >= 15 is 0 Å². The van der Waals surface area contributed by atoms with Crippen molar-refractivity contribution in [2.45, 2.75) is 13.0 Å². The molecule has 0 saturated carbocycles. The van der Waals surface area contributed by atoms with Crippen LogP contribution in [0.15, 0.2) is 65.7 Å². The zero-order valence-corrected chi connectivity index (χ0v) is 14.3. The molecule has 6 nitrogen and oxygen atoms in total. The van der Waals surface area contributed by atoms with Crippen LogP contribution in [0, 0.1) is 11.3 Å². The third-order valence-electron chi connectivity index (χ3n) is 4.14. The minimum Gasteiger partial charge on any atom is -0.465 e. The summed E-state index contributed by atoms with van der Waals surface area (Å²) in [7, 11) is 1.35. The summed E-state index contributed by atoms with van der Waals surface area (Å²) in [4.78, 5) is 24.0. The highest BCUT2D eigenvalue weighted by Crippen LogP contribution is 2.09. The summed E-state index contributed by atoms with van der Waals surface area (Å²) in [5, 5.41) is 8.85. The van der Waals surface area contributed by atoms with Crippen molar-refractivity contribution in [2.24, 2.45) is 0 Å². The van der Waals surface area contributed by atoms with Crippen molar-refractivity contribution in [1.29, 1.82) is 5.26 Å². The Morgan fingerprint density at radius 1 is 1.08 bits per heavy atom. The number of nitriles is 1. The fourth-order valence-electron chi connectivity index (χ4n) is 2.65. The van der Waals surface area contributed by atoms with Crippen molar-refractivity contribution < 1.29 is 9.53 Å². The number of imidazole rings is 1. The summed E-state index contributed by atoms with van der Waals surface area (Å²) in [6.45, 7) is 0.527. The summed E-state index contributed by atoms with van der Waals surface area (Å²) < 4.78 is 7.85. The molecule has 0 spiro atoms. The second-order valence-electron chi connectivity index (χ2n) is 5.74. The molecule has 6 heteroatoms. The molecule has 0 atom stereocenters. The molecule has 2 aromatic carbocycles. The number of ether oxygens (including phenoxy) is 1. The lowest BCUT2D eigenvalue weighted by Crippen LogP contribution is -2.23. The number of benzene rings is 2. The molecule has 26 heavy (non-hydrogen) atoms. The molecule has 1 aromatic heterocycles. The Hall–Kier alpha value is -3.59. The monoisotopic (exact) mass is 347 g/mol. The Kier molecular flexibility index (Phi) is 4.99. The van der Waals surface area contributed by atoms with Crippen LogP contribution in [0.2, 0.25) is 0 Å². The second-order valence-corrected chi connectivity index (χ2v) is 5.74. The van der Waals surface area contributed by atoms with E-state index in [-0.39, 0.29) is 11.7 Å². The lowest BCUT2D eigenvalue weighted by molar-refractivity contribution is 0.0600. The average Bonchev–Trinajstić information content (AvgIpc) is 3.06. The molecule has 0 saturated heterocycles. The van der Waals surface area contributed by atoms with Crippen molar-refractivity contribution in [2.75, 3.05) is 7.11 Å². The van der Waals surface area contributed by atoms with Crippen LogP contribution in [0.5, 0.6) is 0 Å². The van der Waals surface area contributed by atoms with Crippen LogP contribution in [0.4, 0.5) is 0 Å². The molecule has 0 fully saturated rings. The predicted octanol–water partition coefficient (Wildman–Crippen LogP) is 2.54. The number of nitrogens with zero attached hydrogens (tertiary/aromatic N) is 3. The van der Waals surface area contributed by atoms with E-state index in [0.29, 0.717) is 24.1 Å². The van der Waals surface area contributed by atoms with Gasteiger partial charge in [0.15, 0.2) is 0 Å². The Balaban J connectivity index is 1.71. The van der Waals surface area contributed by atoms with E-state index in [4.69, 9.17) is 5.26 Å². The first kappa shape index (κ1) is 17.2. The largest absolute Gasteiger partial charge is 0.465 e. The Morgan fingerprint density at radius 2 is 1.77 bits per heavy atom. The number of hydrogen-bond acceptors (Lipinski definition) is 4. The molecular formula is C20H17N3O3. The number of aromatic nitrogens is 2. The average molecular weight is 347 g/mol. The van der Waals surface area contributed by atoms with Gasteiger partial charge in [0.05, 0.1) is 30.0 Å². The first-order valence-electron chi connectivity index (χ1n) is 8.08. The first-order valence-corrected chi connectivity index (χ1v) is 8.08. The SMILES string of the molecule is COC(=O)c1ccc(CCn2ccn(-c3ccc(C#N)cc3)c2=O)cc1. The van der Waals surface area contributed by atoms with Crippen LogP contribution < -0.4 is 5.69 Å². The second kappa shape index (κ2) is 7.53. The highest BCUT2D eigenvalue weighted by Gasteiger charge is 2.07. The van der Waals surface area contributed by atoms with Gasteiger partial charge in [0.1, 0.15) is 0 Å². The van der Waals surface area contributed by atoms with E-state index in [0.717, 1.165) is 11.3 Å². The maximum atomic E-state index is 12.5. The molecular weight excluding hydrogens is 330 g/mol. The van der Waals surface area contributed by atoms with E-state index in [1.807, 2.05) is 12.1 Å². The summed E-state index contributed by atoms with van der Waals surface area (Å²) in [5.41, 5.74) is 2.66. The normalized spacial score (nSPS) is 10.3. The van der Waals surface area contributed by atoms with Crippen LogP contribution in [0.25, 0.3) is 5.69 Å². The maximum Gasteiger partial charge on any atom is 0.337 e. The van der Waals surface area contributed by atoms with E-state index in [1.165, 1.54) is 7.11 Å². The van der Waals surface area contributed by atoms with Crippen LogP contribution in [0.1, 0.15) is 21.5 Å². The number of aryl methyl sites for hydroxylation is 2. The molecule has 0 radical (unpaired) electrons. The van der Waals surface area contributed by atoms with Crippen molar-refractivity contribution in [3.8, 4) is 11.8 Å². The van der Waals surface area contributed by atoms with Gasteiger partial charge in [0.25, 0.3) is 0 Å². The number of esters is 1. The smallest absolute Gasteiger partial charge is 0.337 e. The summed E-state index contributed by atoms with van der Waals surface area (Å²) in [5.74, 6) is -0.368. The lowest BCUT2D eigenvalue weighted by Gasteiger charge is -2.05. The first-order chi connectivity index (χ1) is 12.6. The summed E-state index contributed by atoms with van der Waals surface area (Å²) in [6.07, 6.45) is 4.12. The third-order valence-corrected chi connectivity index (χ3v) is 4.14. The molecule has 0 unspecified atom stereocenters. The fraction of sp³-hybridized carbons (Fsp3) is 0.150. The molecule has 0 amide bonds. The van der Waals surface area contributed by atoms with E-state index in [2.05, 4.69) is 10.8 Å². The van der Waals surface area contributed by atoms with Gasteiger partial charge >= 0.3 is 11.7 Å². The fourth-order valence-corrected chi connectivity index (χ4v) is 2.65. The zero-order chi connectivity index (χ0) is 18.5. The highest BCUT2D eigenvalue weighted by atomic mass is 16.5. The number of methoxy groups -OCH3 is 1. The van der Waals surface area contributed by atoms with Gasteiger partial charge in [0, 0.05) is 18.9 Å². The van der Waals surface area contributed by atoms with Crippen molar-refractivity contribution in [1.82, 2.24) is 9.13 Å². The summed E-state index contributed by atoms with van der Waals surface area (Å²) >= 11 is 0. The quantitative estimate of drug-likeness (QED) is 0.665. The van der Waals surface area contributed by atoms with Gasteiger partial charge in [-0.1, -0.05) is 12.1 Å². The van der Waals surface area contributed by atoms with E-state index in [1.54, 1.807) is 57.9 Å². The molecule has 1 heterocycles. The Bertz CT molecular complexity index is 1010. The molecule has 0 aliphatic carbocycles. The molecule has 3 rings (SSSR count). The molecule has 3 aromatic rings. The number of carbonyl (C=O) groups excluding carboxylic acids is 1. The van der Waals surface area contributed by atoms with Gasteiger partial charge in [-0.3, -0.25) is 9.13 Å². The zero-order valence-electron chi connectivity index (χ0n) is 14.3. The number of rotatable bonds is 5. The van der Waals surface area contributed by atoms with Gasteiger partial charge in [-0.15, -0.1) is 0 Å².